The van der Waals surface area contributed by atoms with Gasteiger partial charge in [-0.05, 0) is 6.92 Å². The minimum absolute atomic E-state index is 0.179. The van der Waals surface area contributed by atoms with E-state index >= 15 is 0 Å². The van der Waals surface area contributed by atoms with Crippen molar-refractivity contribution < 1.29 is 4.79 Å². The molecule has 3 heterocycles. The summed E-state index contributed by atoms with van der Waals surface area (Å²) in [6.07, 6.45) is 5.86. The molecule has 1 amide bonds. The number of hydrogen-bond acceptors (Lipinski definition) is 4. The molecule has 3 rings (SSSR count). The number of carbonyl (C=O) groups excluding carboxylic acids is 1. The highest BCUT2D eigenvalue weighted by Crippen LogP contribution is 2.12. The summed E-state index contributed by atoms with van der Waals surface area (Å²) < 4.78 is 3.56. The highest BCUT2D eigenvalue weighted by atomic mass is 35.5. The van der Waals surface area contributed by atoms with Crippen LogP contribution in [0.3, 0.4) is 0 Å². The molecule has 7 nitrogen and oxygen atoms in total. The zero-order valence-electron chi connectivity index (χ0n) is 14.2. The average molecular weight is 351 g/mol. The molecule has 8 heteroatoms. The summed E-state index contributed by atoms with van der Waals surface area (Å²) in [4.78, 5) is 16.6. The van der Waals surface area contributed by atoms with E-state index in [0.717, 1.165) is 38.4 Å². The van der Waals surface area contributed by atoms with Crippen molar-refractivity contribution >= 4 is 17.5 Å². The van der Waals surface area contributed by atoms with Gasteiger partial charge in [0.25, 0.3) is 0 Å². The normalized spacial score (nSPS) is 15.9. The molecule has 130 valence electrons. The quantitative estimate of drug-likeness (QED) is 0.816. The van der Waals surface area contributed by atoms with Crippen molar-refractivity contribution in [1.29, 1.82) is 0 Å². The Morgan fingerprint density at radius 3 is 2.58 bits per heavy atom. The third-order valence-corrected chi connectivity index (χ3v) is 4.59. The lowest BCUT2D eigenvalue weighted by Gasteiger charge is -2.34. The topological polar surface area (TPSA) is 59.2 Å². The first-order valence-electron chi connectivity index (χ1n) is 8.18. The van der Waals surface area contributed by atoms with Gasteiger partial charge in [0.1, 0.15) is 0 Å². The van der Waals surface area contributed by atoms with Crippen molar-refractivity contribution in [2.75, 3.05) is 26.2 Å². The number of aryl methyl sites for hydroxylation is 3. The fourth-order valence-electron chi connectivity index (χ4n) is 3.03. The van der Waals surface area contributed by atoms with Crippen molar-refractivity contribution in [3.8, 4) is 0 Å². The maximum absolute atomic E-state index is 12.3. The Morgan fingerprint density at radius 1 is 1.25 bits per heavy atom. The van der Waals surface area contributed by atoms with Crippen LogP contribution >= 0.6 is 11.6 Å². The second-order valence-corrected chi connectivity index (χ2v) is 6.68. The van der Waals surface area contributed by atoms with Gasteiger partial charge in [-0.25, -0.2) is 0 Å². The predicted octanol–water partition coefficient (Wildman–Crippen LogP) is 1.31. The number of nitrogens with zero attached hydrogens (tertiary/aromatic N) is 6. The van der Waals surface area contributed by atoms with E-state index < -0.39 is 0 Å². The van der Waals surface area contributed by atoms with Crippen LogP contribution in [0.4, 0.5) is 0 Å². The molecule has 1 fully saturated rings. The fraction of sp³-hybridized carbons (Fsp3) is 0.562. The van der Waals surface area contributed by atoms with Crippen LogP contribution in [0, 0.1) is 6.92 Å². The molecule has 0 unspecified atom stereocenters. The molecule has 2 aromatic heterocycles. The largest absolute Gasteiger partial charge is 0.340 e. The van der Waals surface area contributed by atoms with Gasteiger partial charge in [0, 0.05) is 70.7 Å². The lowest BCUT2D eigenvalue weighted by molar-refractivity contribution is -0.133. The Labute approximate surface area is 146 Å². The smallest absolute Gasteiger partial charge is 0.224 e. The van der Waals surface area contributed by atoms with Crippen molar-refractivity contribution in [3.05, 3.63) is 34.9 Å². The molecular weight excluding hydrogens is 328 g/mol. The molecule has 1 aliphatic heterocycles. The lowest BCUT2D eigenvalue weighted by atomic mass is 10.2. The summed E-state index contributed by atoms with van der Waals surface area (Å²) in [6.45, 7) is 6.85. The maximum atomic E-state index is 12.3. The number of hydrogen-bond donors (Lipinski definition) is 0. The SMILES string of the molecule is Cc1nn(C)cc1CN1CCN(C(=O)CCn2cc(Cl)cn2)CC1. The van der Waals surface area contributed by atoms with Gasteiger partial charge in [-0.3, -0.25) is 19.1 Å². The van der Waals surface area contributed by atoms with Gasteiger partial charge in [0.15, 0.2) is 0 Å². The monoisotopic (exact) mass is 350 g/mol. The number of carbonyl (C=O) groups is 1. The number of halogens is 1. The molecule has 0 radical (unpaired) electrons. The van der Waals surface area contributed by atoms with E-state index in [2.05, 4.69) is 21.3 Å². The molecule has 1 aliphatic rings. The Bertz CT molecular complexity index is 701. The minimum atomic E-state index is 0.179. The van der Waals surface area contributed by atoms with Gasteiger partial charge in [-0.2, -0.15) is 10.2 Å². The second-order valence-electron chi connectivity index (χ2n) is 6.24. The first-order chi connectivity index (χ1) is 11.5. The molecule has 0 spiro atoms. The van der Waals surface area contributed by atoms with Crippen molar-refractivity contribution in [1.82, 2.24) is 29.4 Å². The summed E-state index contributed by atoms with van der Waals surface area (Å²) in [7, 11) is 1.94. The summed E-state index contributed by atoms with van der Waals surface area (Å²) in [5, 5.41) is 9.08. The Morgan fingerprint density at radius 2 is 2.00 bits per heavy atom. The zero-order chi connectivity index (χ0) is 17.1. The first-order valence-corrected chi connectivity index (χ1v) is 8.56. The zero-order valence-corrected chi connectivity index (χ0v) is 14.9. The van der Waals surface area contributed by atoms with Crippen LogP contribution in [0.5, 0.6) is 0 Å². The molecular formula is C16H23ClN6O. The summed E-state index contributed by atoms with van der Waals surface area (Å²) >= 11 is 5.83. The molecule has 0 bridgehead atoms. The highest BCUT2D eigenvalue weighted by molar-refractivity contribution is 6.30. The summed E-state index contributed by atoms with van der Waals surface area (Å²) in [5.74, 6) is 0.179. The van der Waals surface area contributed by atoms with E-state index in [0.29, 0.717) is 18.0 Å². The van der Waals surface area contributed by atoms with Crippen LogP contribution in [-0.2, 0) is 24.9 Å². The minimum Gasteiger partial charge on any atom is -0.340 e. The molecule has 2 aromatic rings. The van der Waals surface area contributed by atoms with Crippen LogP contribution in [0.1, 0.15) is 17.7 Å². The predicted molar refractivity (Wildman–Crippen MR) is 91.7 cm³/mol. The number of aromatic nitrogens is 4. The van der Waals surface area contributed by atoms with Gasteiger partial charge in [-0.1, -0.05) is 11.6 Å². The molecule has 1 saturated heterocycles. The van der Waals surface area contributed by atoms with Crippen LogP contribution in [0.2, 0.25) is 5.02 Å². The Balaban J connectivity index is 1.44. The van der Waals surface area contributed by atoms with Gasteiger partial charge >= 0.3 is 0 Å². The second kappa shape index (κ2) is 7.36. The highest BCUT2D eigenvalue weighted by Gasteiger charge is 2.21. The lowest BCUT2D eigenvalue weighted by Crippen LogP contribution is -2.48. The van der Waals surface area contributed by atoms with Gasteiger partial charge in [0.2, 0.25) is 5.91 Å². The molecule has 24 heavy (non-hydrogen) atoms. The van der Waals surface area contributed by atoms with Crippen LogP contribution in [-0.4, -0.2) is 61.4 Å². The van der Waals surface area contributed by atoms with Gasteiger partial charge in [-0.15, -0.1) is 0 Å². The van der Waals surface area contributed by atoms with Crippen LogP contribution in [0.25, 0.3) is 0 Å². The van der Waals surface area contributed by atoms with Crippen LogP contribution < -0.4 is 0 Å². The summed E-state index contributed by atoms with van der Waals surface area (Å²) in [5.41, 5.74) is 2.33. The van der Waals surface area contributed by atoms with E-state index in [4.69, 9.17) is 11.6 Å². The van der Waals surface area contributed by atoms with E-state index in [-0.39, 0.29) is 5.91 Å². The van der Waals surface area contributed by atoms with E-state index in [1.54, 1.807) is 17.1 Å². The van der Waals surface area contributed by atoms with Gasteiger partial charge < -0.3 is 4.90 Å². The van der Waals surface area contributed by atoms with Crippen molar-refractivity contribution in [2.45, 2.75) is 26.4 Å². The third kappa shape index (κ3) is 4.15. The first kappa shape index (κ1) is 17.0. The van der Waals surface area contributed by atoms with Crippen LogP contribution in [0.15, 0.2) is 18.6 Å². The molecule has 0 aromatic carbocycles. The summed E-state index contributed by atoms with van der Waals surface area (Å²) in [6, 6.07) is 0. The van der Waals surface area contributed by atoms with E-state index in [1.165, 1.54) is 5.56 Å². The van der Waals surface area contributed by atoms with E-state index in [1.807, 2.05) is 23.6 Å². The standard InChI is InChI=1S/C16H23ClN6O/c1-13-14(10-20(2)19-13)11-21-5-7-22(8-6-21)16(24)3-4-23-12-15(17)9-18-23/h9-10,12H,3-8,11H2,1-2H3. The Hall–Kier alpha value is -1.86. The average Bonchev–Trinajstić information content (AvgIpc) is 3.11. The van der Waals surface area contributed by atoms with Crippen molar-refractivity contribution in [2.24, 2.45) is 7.05 Å². The fourth-order valence-corrected chi connectivity index (χ4v) is 3.19. The third-order valence-electron chi connectivity index (χ3n) is 4.39. The number of piperazine rings is 1. The number of amides is 1. The van der Waals surface area contributed by atoms with E-state index in [9.17, 15) is 4.79 Å². The molecule has 0 atom stereocenters. The Kier molecular flexibility index (Phi) is 5.20. The maximum Gasteiger partial charge on any atom is 0.224 e. The number of rotatable bonds is 5. The molecule has 0 N–H and O–H groups in total. The molecule has 0 saturated carbocycles. The molecule has 0 aliphatic carbocycles. The van der Waals surface area contributed by atoms with Gasteiger partial charge in [0.05, 0.1) is 16.9 Å². The van der Waals surface area contributed by atoms with Crippen molar-refractivity contribution in [3.63, 3.8) is 0 Å².